The number of esters is 1. The van der Waals surface area contributed by atoms with E-state index in [1.807, 2.05) is 6.92 Å². The molecule has 1 heterocycles. The monoisotopic (exact) mass is 348 g/mol. The van der Waals surface area contributed by atoms with Crippen molar-refractivity contribution < 1.29 is 19.1 Å². The zero-order valence-electron chi connectivity index (χ0n) is 14.3. The molecule has 4 amide bonds. The third-order valence-corrected chi connectivity index (χ3v) is 3.91. The molecular weight excluding hydrogens is 324 g/mol. The van der Waals surface area contributed by atoms with Crippen LogP contribution in [-0.2, 0) is 4.79 Å². The number of rotatable bonds is 5. The Morgan fingerprint density at radius 2 is 2.16 bits per heavy atom. The lowest BCUT2D eigenvalue weighted by Crippen LogP contribution is -2.45. The summed E-state index contributed by atoms with van der Waals surface area (Å²) in [4.78, 5) is 36.7. The minimum Gasteiger partial charge on any atom is -0.426 e. The van der Waals surface area contributed by atoms with Gasteiger partial charge in [-0.05, 0) is 31.4 Å². The Bertz CT molecular complexity index is 635. The Balaban J connectivity index is 1.93. The molecule has 4 N–H and O–H groups in total. The van der Waals surface area contributed by atoms with Crippen molar-refractivity contribution in [2.24, 2.45) is 11.7 Å². The van der Waals surface area contributed by atoms with E-state index in [1.165, 1.54) is 4.90 Å². The quantitative estimate of drug-likeness (QED) is 0.557. The zero-order chi connectivity index (χ0) is 18.2. The first-order chi connectivity index (χ1) is 12.0. The number of nitrogens with two attached hydrogens (primary N) is 1. The predicted molar refractivity (Wildman–Crippen MR) is 93.3 cm³/mol. The minimum atomic E-state index is -0.526. The summed E-state index contributed by atoms with van der Waals surface area (Å²) in [6, 6.07) is 5.78. The third kappa shape index (κ3) is 5.66. The van der Waals surface area contributed by atoms with Crippen molar-refractivity contribution in [1.82, 2.24) is 10.2 Å². The van der Waals surface area contributed by atoms with E-state index in [2.05, 4.69) is 10.6 Å². The summed E-state index contributed by atoms with van der Waals surface area (Å²) < 4.78 is 5.40. The van der Waals surface area contributed by atoms with Crippen LogP contribution in [0, 0.1) is 5.92 Å². The number of anilines is 1. The van der Waals surface area contributed by atoms with Gasteiger partial charge in [-0.15, -0.1) is 0 Å². The number of carbonyl (C=O) groups excluding carboxylic acids is 3. The topological polar surface area (TPSA) is 114 Å². The van der Waals surface area contributed by atoms with Crippen LogP contribution < -0.4 is 21.1 Å². The molecule has 1 aliphatic heterocycles. The molecule has 8 nitrogen and oxygen atoms in total. The summed E-state index contributed by atoms with van der Waals surface area (Å²) in [5, 5.41) is 5.38. The molecule has 1 fully saturated rings. The van der Waals surface area contributed by atoms with Crippen LogP contribution >= 0.6 is 0 Å². The number of nitrogens with zero attached hydrogens (tertiary/aromatic N) is 1. The highest BCUT2D eigenvalue weighted by atomic mass is 16.5. The van der Waals surface area contributed by atoms with Gasteiger partial charge in [-0.25, -0.2) is 9.59 Å². The van der Waals surface area contributed by atoms with Gasteiger partial charge in [-0.2, -0.15) is 0 Å². The van der Waals surface area contributed by atoms with Gasteiger partial charge in [0.2, 0.25) is 0 Å². The summed E-state index contributed by atoms with van der Waals surface area (Å²) in [6.45, 7) is 3.38. The summed E-state index contributed by atoms with van der Waals surface area (Å²) >= 11 is 0. The second-order valence-corrected chi connectivity index (χ2v) is 5.95. The number of primary amides is 1. The lowest BCUT2D eigenvalue weighted by molar-refractivity contribution is -0.140. The second kappa shape index (κ2) is 8.91. The van der Waals surface area contributed by atoms with Gasteiger partial charge < -0.3 is 26.0 Å². The maximum Gasteiger partial charge on any atom is 0.319 e. The predicted octanol–water partition coefficient (Wildman–Crippen LogP) is 1.91. The molecule has 2 rings (SSSR count). The fraction of sp³-hybridized carbons (Fsp3) is 0.471. The molecule has 1 aromatic carbocycles. The number of hydrogen-bond acceptors (Lipinski definition) is 4. The zero-order valence-corrected chi connectivity index (χ0v) is 14.3. The van der Waals surface area contributed by atoms with E-state index >= 15 is 0 Å². The number of benzene rings is 1. The van der Waals surface area contributed by atoms with E-state index < -0.39 is 17.9 Å². The molecule has 0 bridgehead atoms. The van der Waals surface area contributed by atoms with Crippen molar-refractivity contribution in [1.29, 1.82) is 0 Å². The van der Waals surface area contributed by atoms with Crippen LogP contribution in [0.15, 0.2) is 24.3 Å². The number of urea groups is 2. The first kappa shape index (κ1) is 18.6. The first-order valence-corrected chi connectivity index (χ1v) is 8.40. The molecule has 8 heteroatoms. The first-order valence-electron chi connectivity index (χ1n) is 8.40. The number of likely N-dealkylation sites (tertiary alicyclic amines) is 1. The molecular formula is C17H24N4O4. The van der Waals surface area contributed by atoms with E-state index in [0.29, 0.717) is 37.4 Å². The lowest BCUT2D eigenvalue weighted by atomic mass is 9.98. The van der Waals surface area contributed by atoms with Gasteiger partial charge in [-0.1, -0.05) is 13.0 Å². The molecule has 1 aliphatic rings. The van der Waals surface area contributed by atoms with Crippen molar-refractivity contribution in [2.45, 2.75) is 26.2 Å². The largest absolute Gasteiger partial charge is 0.426 e. The van der Waals surface area contributed by atoms with Gasteiger partial charge >= 0.3 is 18.0 Å². The van der Waals surface area contributed by atoms with Crippen molar-refractivity contribution in [3.63, 3.8) is 0 Å². The molecule has 0 saturated carbocycles. The van der Waals surface area contributed by atoms with Crippen LogP contribution in [-0.4, -0.2) is 42.6 Å². The van der Waals surface area contributed by atoms with Crippen molar-refractivity contribution in [3.05, 3.63) is 24.3 Å². The van der Waals surface area contributed by atoms with Crippen LogP contribution in [0.1, 0.15) is 26.2 Å². The highest BCUT2D eigenvalue weighted by Crippen LogP contribution is 2.22. The molecule has 1 saturated heterocycles. The number of nitrogens with one attached hydrogen (secondary N) is 2. The van der Waals surface area contributed by atoms with E-state index in [9.17, 15) is 14.4 Å². The number of carbonyl (C=O) groups is 3. The number of ether oxygens (including phenoxy) is 1. The van der Waals surface area contributed by atoms with Crippen molar-refractivity contribution >= 4 is 23.7 Å². The van der Waals surface area contributed by atoms with Crippen LogP contribution in [0.5, 0.6) is 5.75 Å². The second-order valence-electron chi connectivity index (χ2n) is 5.95. The Morgan fingerprint density at radius 1 is 1.36 bits per heavy atom. The Morgan fingerprint density at radius 3 is 2.88 bits per heavy atom. The summed E-state index contributed by atoms with van der Waals surface area (Å²) in [7, 11) is 0. The number of amides is 4. The lowest BCUT2D eigenvalue weighted by Gasteiger charge is -2.30. The van der Waals surface area contributed by atoms with Crippen LogP contribution in [0.2, 0.25) is 0 Å². The van der Waals surface area contributed by atoms with E-state index in [0.717, 1.165) is 6.42 Å². The highest BCUT2D eigenvalue weighted by Gasteiger charge is 2.29. The van der Waals surface area contributed by atoms with Crippen molar-refractivity contribution in [2.75, 3.05) is 25.0 Å². The van der Waals surface area contributed by atoms with Crippen LogP contribution in [0.4, 0.5) is 15.3 Å². The minimum absolute atomic E-state index is 0.269. The van der Waals surface area contributed by atoms with E-state index in [4.69, 9.17) is 10.5 Å². The van der Waals surface area contributed by atoms with Crippen molar-refractivity contribution in [3.8, 4) is 5.75 Å². The SMILES string of the molecule is CCCNC(=O)Nc1cccc(OC(=O)[C@@H]2CCCN(C(N)=O)C2)c1. The Labute approximate surface area is 146 Å². The normalized spacial score (nSPS) is 16.8. The fourth-order valence-electron chi connectivity index (χ4n) is 2.62. The average Bonchev–Trinajstić information content (AvgIpc) is 2.60. The maximum absolute atomic E-state index is 12.3. The maximum atomic E-state index is 12.3. The molecule has 1 atom stereocenters. The van der Waals surface area contributed by atoms with Gasteiger partial charge in [0.05, 0.1) is 5.92 Å². The molecule has 136 valence electrons. The highest BCUT2D eigenvalue weighted by molar-refractivity contribution is 5.89. The Kier molecular flexibility index (Phi) is 6.62. The molecule has 0 spiro atoms. The van der Waals surface area contributed by atoms with E-state index in [1.54, 1.807) is 24.3 Å². The molecule has 25 heavy (non-hydrogen) atoms. The fourth-order valence-corrected chi connectivity index (χ4v) is 2.62. The smallest absolute Gasteiger partial charge is 0.319 e. The third-order valence-electron chi connectivity index (χ3n) is 3.91. The molecule has 0 aromatic heterocycles. The van der Waals surface area contributed by atoms with Gasteiger partial charge in [0.25, 0.3) is 0 Å². The van der Waals surface area contributed by atoms with E-state index in [-0.39, 0.29) is 12.6 Å². The molecule has 1 aromatic rings. The Hall–Kier alpha value is -2.77. The average molecular weight is 348 g/mol. The van der Waals surface area contributed by atoms with Gasteiger partial charge in [0, 0.05) is 31.4 Å². The molecule has 0 radical (unpaired) electrons. The van der Waals surface area contributed by atoms with Crippen LogP contribution in [0.3, 0.4) is 0 Å². The van der Waals surface area contributed by atoms with Crippen LogP contribution in [0.25, 0.3) is 0 Å². The standard InChI is InChI=1S/C17H24N4O4/c1-2-8-19-17(24)20-13-6-3-7-14(10-13)25-15(22)12-5-4-9-21(11-12)16(18)23/h3,6-7,10,12H,2,4-5,8-9,11H2,1H3,(H2,18,23)(H2,19,20,24)/t12-/m1/s1. The summed E-state index contributed by atoms with van der Waals surface area (Å²) in [5.74, 6) is -0.459. The van der Waals surface area contributed by atoms with Gasteiger partial charge in [0.1, 0.15) is 5.75 Å². The summed E-state index contributed by atoms with van der Waals surface area (Å²) in [5.41, 5.74) is 5.80. The molecule has 0 unspecified atom stereocenters. The number of hydrogen-bond donors (Lipinski definition) is 3. The van der Waals surface area contributed by atoms with Gasteiger partial charge in [-0.3, -0.25) is 4.79 Å². The summed E-state index contributed by atoms with van der Waals surface area (Å²) in [6.07, 6.45) is 2.21. The molecule has 0 aliphatic carbocycles. The van der Waals surface area contributed by atoms with Gasteiger partial charge in [0.15, 0.2) is 0 Å². The number of piperidine rings is 1.